The summed E-state index contributed by atoms with van der Waals surface area (Å²) in [7, 11) is 0. The molecule has 0 unspecified atom stereocenters. The number of halogens is 1. The maximum absolute atomic E-state index is 10.7. The van der Waals surface area contributed by atoms with Gasteiger partial charge in [-0.05, 0) is 0 Å². The second-order valence-corrected chi connectivity index (χ2v) is 1.35. The van der Waals surface area contributed by atoms with Gasteiger partial charge in [0.25, 0.3) is 0 Å². The third-order valence-corrected chi connectivity index (χ3v) is 0.439. The Morgan fingerprint density at radius 3 is 2.00 bits per heavy atom. The van der Waals surface area contributed by atoms with Gasteiger partial charge in [-0.15, -0.1) is 0 Å². The molecule has 0 fully saturated rings. The van der Waals surface area contributed by atoms with Gasteiger partial charge in [0, 0.05) is 0 Å². The van der Waals surface area contributed by atoms with Crippen molar-refractivity contribution in [3.05, 3.63) is 0 Å². The van der Waals surface area contributed by atoms with Gasteiger partial charge in [0.05, 0.1) is 0 Å². The van der Waals surface area contributed by atoms with Gasteiger partial charge < -0.3 is 0 Å². The van der Waals surface area contributed by atoms with Gasteiger partial charge >= 0.3 is 33.1 Å². The van der Waals surface area contributed by atoms with Gasteiger partial charge in [-0.2, -0.15) is 0 Å². The van der Waals surface area contributed by atoms with Crippen LogP contribution >= 0.6 is 0 Å². The molecule has 0 aromatic rings. The summed E-state index contributed by atoms with van der Waals surface area (Å²) >= 11 is 2.16. The van der Waals surface area contributed by atoms with Crippen LogP contribution < -0.4 is 0 Å². The Balaban J connectivity index is 1.97. The Morgan fingerprint density at radius 2 is 2.00 bits per heavy atom. The van der Waals surface area contributed by atoms with Crippen molar-refractivity contribution in [2.45, 2.75) is 5.21 Å². The molecule has 24 valence electrons. The maximum atomic E-state index is 10.7. The quantitative estimate of drug-likeness (QED) is 0.445. The predicted molar refractivity (Wildman–Crippen MR) is 16.5 cm³/mol. The molecule has 0 aliphatic rings. The Hall–Kier alpha value is 0.488. The van der Waals surface area contributed by atoms with Crippen LogP contribution in [0.4, 0.5) is 4.39 Å². The van der Waals surface area contributed by atoms with E-state index in [2.05, 4.69) is 16.9 Å². The van der Waals surface area contributed by atoms with E-state index in [0.29, 0.717) is 5.21 Å². The van der Waals surface area contributed by atoms with Gasteiger partial charge in [0.15, 0.2) is 0 Å². The topological polar surface area (TPSA) is 0 Å². The third-order valence-electron chi connectivity index (χ3n) is 0.0845. The summed E-state index contributed by atoms with van der Waals surface area (Å²) in [6.45, 7) is -0.208. The van der Waals surface area contributed by atoms with E-state index in [1.807, 2.05) is 0 Å². The fourth-order valence-corrected chi connectivity index (χ4v) is 0. The zero-order valence-electron chi connectivity index (χ0n) is 2.24. The predicted octanol–water partition coefficient (Wildman–Crippen LogP) is 0.543. The van der Waals surface area contributed by atoms with E-state index < -0.39 is 0 Å². The average Bonchev–Trinajstić information content (AvgIpc) is 1.37. The molecule has 0 aromatic heterocycles. The van der Waals surface area contributed by atoms with Crippen LogP contribution in [0.2, 0.25) is 5.21 Å². The van der Waals surface area contributed by atoms with Crippen molar-refractivity contribution in [1.29, 1.82) is 0 Å². The Morgan fingerprint density at radius 1 is 1.75 bits per heavy atom. The van der Waals surface area contributed by atoms with E-state index >= 15 is 0 Å². The molecule has 2 heteroatoms. The summed E-state index contributed by atoms with van der Waals surface area (Å²) in [6, 6.07) is 0. The minimum atomic E-state index is -0.208. The second kappa shape index (κ2) is 3.49. The van der Waals surface area contributed by atoms with Gasteiger partial charge in [-0.1, -0.05) is 0 Å². The zero-order valence-corrected chi connectivity index (χ0v) is 4.12. The monoisotopic (exact) mass is 122 g/mol. The van der Waals surface area contributed by atoms with Gasteiger partial charge in [0.1, 0.15) is 0 Å². The molecule has 0 saturated carbocycles. The van der Waals surface area contributed by atoms with E-state index in [9.17, 15) is 4.39 Å². The van der Waals surface area contributed by atoms with Crippen LogP contribution in [0.5, 0.6) is 0 Å². The Bertz CT molecular complexity index is 8.00. The molecule has 4 heavy (non-hydrogen) atoms. The standard InChI is InChI=1S/C2H4AsF/c3-1-2-4/h1-2H2. The molecule has 0 heterocycles. The molecule has 0 aliphatic carbocycles. The molecule has 0 saturated heterocycles. The van der Waals surface area contributed by atoms with Crippen LogP contribution in [0.25, 0.3) is 0 Å². The van der Waals surface area contributed by atoms with E-state index in [0.717, 1.165) is 0 Å². The van der Waals surface area contributed by atoms with E-state index in [1.54, 1.807) is 0 Å². The van der Waals surface area contributed by atoms with Gasteiger partial charge in [-0.25, -0.2) is 0 Å². The molecule has 0 aliphatic heterocycles. The summed E-state index contributed by atoms with van der Waals surface area (Å²) in [5.41, 5.74) is 0. The molecule has 0 aromatic carbocycles. The van der Waals surface area contributed by atoms with Crippen LogP contribution in [0.1, 0.15) is 0 Å². The summed E-state index contributed by atoms with van der Waals surface area (Å²) in [4.78, 5) is 0. The van der Waals surface area contributed by atoms with Crippen LogP contribution in [0.15, 0.2) is 0 Å². The van der Waals surface area contributed by atoms with Crippen molar-refractivity contribution in [2.24, 2.45) is 0 Å². The van der Waals surface area contributed by atoms with Crippen molar-refractivity contribution in [3.8, 4) is 0 Å². The summed E-state index contributed by atoms with van der Waals surface area (Å²) < 4.78 is 10.7. The molecular formula is C2H4AsF. The Kier molecular flexibility index (Phi) is 3.91. The van der Waals surface area contributed by atoms with Crippen molar-refractivity contribution >= 4 is 16.9 Å². The minimum absolute atomic E-state index is 0.208. The molecule has 0 amide bonds. The molecule has 0 rings (SSSR count). The molecule has 0 nitrogen and oxygen atoms in total. The molecule has 0 atom stereocenters. The molecule has 0 bridgehead atoms. The van der Waals surface area contributed by atoms with Crippen LogP contribution in [0.3, 0.4) is 0 Å². The third kappa shape index (κ3) is 2.49. The van der Waals surface area contributed by atoms with Gasteiger partial charge in [-0.3, -0.25) is 0 Å². The van der Waals surface area contributed by atoms with Crippen LogP contribution in [-0.4, -0.2) is 23.5 Å². The van der Waals surface area contributed by atoms with Crippen LogP contribution in [0, 0.1) is 0 Å². The molecular weight excluding hydrogens is 118 g/mol. The molecule has 0 N–H and O–H groups in total. The fraction of sp³-hybridized carbons (Fsp3) is 1.00. The van der Waals surface area contributed by atoms with Crippen LogP contribution in [-0.2, 0) is 0 Å². The first-order valence-electron chi connectivity index (χ1n) is 1.08. The first-order valence-corrected chi connectivity index (χ1v) is 2.41. The normalized spacial score (nSPS) is 7.50. The van der Waals surface area contributed by atoms with E-state index in [4.69, 9.17) is 0 Å². The number of alkyl halides is 1. The summed E-state index contributed by atoms with van der Waals surface area (Å²) in [5.74, 6) is 0. The first kappa shape index (κ1) is 4.49. The van der Waals surface area contributed by atoms with E-state index in [-0.39, 0.29) is 6.67 Å². The average molecular weight is 122 g/mol. The van der Waals surface area contributed by atoms with Crippen molar-refractivity contribution in [1.82, 2.24) is 0 Å². The molecule has 0 spiro atoms. The summed E-state index contributed by atoms with van der Waals surface area (Å²) in [6.07, 6.45) is 0. The van der Waals surface area contributed by atoms with Crippen molar-refractivity contribution in [2.75, 3.05) is 6.67 Å². The SMILES string of the molecule is FCC[As]. The number of hydrogen-bond acceptors (Lipinski definition) is 0. The second-order valence-electron chi connectivity index (χ2n) is 0.413. The Labute approximate surface area is 33.9 Å². The fourth-order valence-electron chi connectivity index (χ4n) is 0. The van der Waals surface area contributed by atoms with Gasteiger partial charge in [0.2, 0.25) is 0 Å². The number of hydrogen-bond donors (Lipinski definition) is 0. The zero-order chi connectivity index (χ0) is 3.41. The van der Waals surface area contributed by atoms with Crippen molar-refractivity contribution < 1.29 is 4.39 Å². The molecule has 2 radical (unpaired) electrons. The number of rotatable bonds is 1. The van der Waals surface area contributed by atoms with E-state index in [1.165, 1.54) is 0 Å². The van der Waals surface area contributed by atoms with Crippen molar-refractivity contribution in [3.63, 3.8) is 0 Å². The summed E-state index contributed by atoms with van der Waals surface area (Å²) in [5, 5.41) is 0.590. The first-order chi connectivity index (χ1) is 1.91.